The molecule has 0 heterocycles. The van der Waals surface area contributed by atoms with Gasteiger partial charge in [-0.2, -0.15) is 0 Å². The van der Waals surface area contributed by atoms with Crippen LogP contribution in [0.3, 0.4) is 0 Å². The number of carbonyl (C=O) groups is 1. The summed E-state index contributed by atoms with van der Waals surface area (Å²) in [6.07, 6.45) is 13.9. The smallest absolute Gasteiger partial charge is 0.337 e. The minimum atomic E-state index is -0.270. The van der Waals surface area contributed by atoms with Gasteiger partial charge in [0.05, 0.1) is 12.7 Å². The Morgan fingerprint density at radius 3 is 2.25 bits per heavy atom. The Morgan fingerprint density at radius 2 is 1.60 bits per heavy atom. The molecule has 0 bridgehead atoms. The van der Waals surface area contributed by atoms with E-state index in [4.69, 9.17) is 10.5 Å². The lowest BCUT2D eigenvalue weighted by atomic mass is 9.33. The third kappa shape index (κ3) is 3.61. The van der Waals surface area contributed by atoms with Crippen LogP contribution >= 0.6 is 0 Å². The third-order valence-corrected chi connectivity index (χ3v) is 14.3. The van der Waals surface area contributed by atoms with Crippen molar-refractivity contribution in [3.05, 3.63) is 53.6 Å². The normalized spacial score (nSPS) is 45.3. The maximum atomic E-state index is 12.0. The van der Waals surface area contributed by atoms with E-state index in [-0.39, 0.29) is 16.9 Å². The molecular formula is C37H53NO2. The van der Waals surface area contributed by atoms with E-state index in [0.29, 0.717) is 45.5 Å². The number of allylic oxidation sites excluding steroid dienone is 3. The second-order valence-corrected chi connectivity index (χ2v) is 16.0. The molecule has 2 N–H and O–H groups in total. The van der Waals surface area contributed by atoms with Crippen molar-refractivity contribution in [3.8, 4) is 0 Å². The second-order valence-electron chi connectivity index (χ2n) is 16.0. The van der Waals surface area contributed by atoms with Gasteiger partial charge in [0.1, 0.15) is 0 Å². The van der Waals surface area contributed by atoms with E-state index in [1.807, 2.05) is 12.1 Å². The lowest BCUT2D eigenvalue weighted by Gasteiger charge is -2.72. The fourth-order valence-corrected chi connectivity index (χ4v) is 12.2. The van der Waals surface area contributed by atoms with Gasteiger partial charge in [-0.3, -0.25) is 0 Å². The van der Waals surface area contributed by atoms with Gasteiger partial charge in [0, 0.05) is 5.54 Å². The second kappa shape index (κ2) is 9.06. The third-order valence-electron chi connectivity index (χ3n) is 14.3. The van der Waals surface area contributed by atoms with E-state index in [9.17, 15) is 4.79 Å². The van der Waals surface area contributed by atoms with Crippen molar-refractivity contribution < 1.29 is 9.53 Å². The first-order valence-corrected chi connectivity index (χ1v) is 16.1. The SMILES string of the molecule is C=C(C)[C@@H]1CC[C@]2(N)CC[C@]3(C)[C@H](CCC4[C@@]5(C)CC=C(c6ccc(C(=O)OC)cc6)C(C)(C)C5CC[C@]43C)C12. The molecule has 4 fully saturated rings. The molecule has 6 rings (SSSR count). The summed E-state index contributed by atoms with van der Waals surface area (Å²) in [6, 6.07) is 8.10. The molecule has 1 aromatic carbocycles. The number of hydrogen-bond acceptors (Lipinski definition) is 3. The van der Waals surface area contributed by atoms with Crippen LogP contribution in [0.2, 0.25) is 0 Å². The molecule has 4 saturated carbocycles. The number of benzene rings is 1. The van der Waals surface area contributed by atoms with Gasteiger partial charge in [0.2, 0.25) is 0 Å². The zero-order valence-corrected chi connectivity index (χ0v) is 26.2. The van der Waals surface area contributed by atoms with Gasteiger partial charge in [-0.15, -0.1) is 0 Å². The summed E-state index contributed by atoms with van der Waals surface area (Å²) in [7, 11) is 1.45. The summed E-state index contributed by atoms with van der Waals surface area (Å²) < 4.78 is 4.93. The Balaban J connectivity index is 1.34. The molecule has 0 aliphatic heterocycles. The lowest BCUT2D eigenvalue weighted by Crippen LogP contribution is -2.67. The van der Waals surface area contributed by atoms with Crippen LogP contribution in [0, 0.1) is 51.2 Å². The first-order valence-electron chi connectivity index (χ1n) is 16.1. The fraction of sp³-hybridized carbons (Fsp3) is 0.703. The highest BCUT2D eigenvalue weighted by Crippen LogP contribution is 2.76. The Bertz CT molecular complexity index is 1240. The van der Waals surface area contributed by atoms with Gasteiger partial charge in [-0.1, -0.05) is 65.0 Å². The van der Waals surface area contributed by atoms with E-state index in [2.05, 4.69) is 66.3 Å². The van der Waals surface area contributed by atoms with Gasteiger partial charge in [-0.25, -0.2) is 4.79 Å². The first-order chi connectivity index (χ1) is 18.7. The van der Waals surface area contributed by atoms with Gasteiger partial charge >= 0.3 is 5.97 Å². The number of carbonyl (C=O) groups excluding carboxylic acids is 1. The van der Waals surface area contributed by atoms with E-state index in [0.717, 1.165) is 12.3 Å². The van der Waals surface area contributed by atoms with Crippen LogP contribution in [-0.2, 0) is 4.74 Å². The number of nitrogens with two attached hydrogens (primary N) is 1. The van der Waals surface area contributed by atoms with E-state index < -0.39 is 0 Å². The Kier molecular flexibility index (Phi) is 6.40. The average molecular weight is 544 g/mol. The zero-order valence-electron chi connectivity index (χ0n) is 26.2. The van der Waals surface area contributed by atoms with Crippen LogP contribution in [0.4, 0.5) is 0 Å². The molecule has 3 unspecified atom stereocenters. The molecule has 3 nitrogen and oxygen atoms in total. The molecule has 5 aliphatic carbocycles. The fourth-order valence-electron chi connectivity index (χ4n) is 12.2. The van der Waals surface area contributed by atoms with Crippen molar-refractivity contribution in [2.45, 2.75) is 105 Å². The number of methoxy groups -OCH3 is 1. The topological polar surface area (TPSA) is 52.3 Å². The van der Waals surface area contributed by atoms with Crippen molar-refractivity contribution >= 4 is 11.5 Å². The van der Waals surface area contributed by atoms with Crippen molar-refractivity contribution in [2.24, 2.45) is 57.0 Å². The van der Waals surface area contributed by atoms with Crippen LogP contribution in [0.15, 0.2) is 42.5 Å². The molecular weight excluding hydrogens is 490 g/mol. The van der Waals surface area contributed by atoms with Crippen molar-refractivity contribution in [2.75, 3.05) is 7.11 Å². The zero-order chi connectivity index (χ0) is 28.9. The number of fused-ring (bicyclic) bond motifs is 7. The highest BCUT2D eigenvalue weighted by Gasteiger charge is 2.70. The largest absolute Gasteiger partial charge is 0.465 e. The molecule has 0 spiro atoms. The van der Waals surface area contributed by atoms with Crippen molar-refractivity contribution in [3.63, 3.8) is 0 Å². The number of hydrogen-bond donors (Lipinski definition) is 1. The molecule has 9 atom stereocenters. The molecule has 5 aliphatic rings. The molecule has 3 heteroatoms. The van der Waals surface area contributed by atoms with Gasteiger partial charge < -0.3 is 10.5 Å². The summed E-state index contributed by atoms with van der Waals surface area (Å²) in [6.45, 7) is 19.8. The van der Waals surface area contributed by atoms with Gasteiger partial charge in [0.25, 0.3) is 0 Å². The molecule has 40 heavy (non-hydrogen) atoms. The predicted octanol–water partition coefficient (Wildman–Crippen LogP) is 8.84. The molecule has 0 saturated heterocycles. The number of ether oxygens (including phenoxy) is 1. The maximum absolute atomic E-state index is 12.0. The average Bonchev–Trinajstić information content (AvgIpc) is 3.26. The number of esters is 1. The highest BCUT2D eigenvalue weighted by molar-refractivity contribution is 5.89. The van der Waals surface area contributed by atoms with Gasteiger partial charge in [0.15, 0.2) is 0 Å². The molecule has 218 valence electrons. The summed E-state index contributed by atoms with van der Waals surface area (Å²) >= 11 is 0. The van der Waals surface area contributed by atoms with Crippen LogP contribution < -0.4 is 5.73 Å². The Labute approximate surface area is 243 Å². The summed E-state index contributed by atoms with van der Waals surface area (Å²) in [4.78, 5) is 12.0. The molecule has 0 radical (unpaired) electrons. The minimum Gasteiger partial charge on any atom is -0.465 e. The first kappa shape index (κ1) is 28.3. The summed E-state index contributed by atoms with van der Waals surface area (Å²) in [5, 5.41) is 0. The van der Waals surface area contributed by atoms with Crippen LogP contribution in [0.25, 0.3) is 5.57 Å². The van der Waals surface area contributed by atoms with Crippen molar-refractivity contribution in [1.82, 2.24) is 0 Å². The Morgan fingerprint density at radius 1 is 0.900 bits per heavy atom. The summed E-state index contributed by atoms with van der Waals surface area (Å²) in [5.41, 5.74) is 13.0. The maximum Gasteiger partial charge on any atom is 0.337 e. The minimum absolute atomic E-state index is 0.0198. The molecule has 1 aromatic rings. The van der Waals surface area contributed by atoms with Crippen LogP contribution in [-0.4, -0.2) is 18.6 Å². The standard InChI is InChI=1S/C37H53NO2/c1-23(2)26-15-20-37(38)22-21-35(6)28(31(26)37)13-14-30-34(5)18-16-27(24-9-11-25(12-10-24)32(39)40-8)33(3,4)29(34)17-19-36(30,35)7/h9-12,16,26,28-31H,1,13-15,17-22,38H2,2-8H3/t26-,28+,29?,30?,31?,34-,35+,36+,37-/m0/s1. The highest BCUT2D eigenvalue weighted by atomic mass is 16.5. The van der Waals surface area contributed by atoms with Crippen LogP contribution in [0.1, 0.15) is 115 Å². The van der Waals surface area contributed by atoms with Crippen molar-refractivity contribution in [1.29, 1.82) is 0 Å². The number of rotatable bonds is 3. The lowest BCUT2D eigenvalue weighted by molar-refractivity contribution is -0.217. The molecule has 0 amide bonds. The Hall–Kier alpha value is -1.87. The quantitative estimate of drug-likeness (QED) is 0.306. The predicted molar refractivity (Wildman–Crippen MR) is 165 cm³/mol. The monoisotopic (exact) mass is 543 g/mol. The van der Waals surface area contributed by atoms with E-state index in [1.165, 1.54) is 75.2 Å². The van der Waals surface area contributed by atoms with E-state index >= 15 is 0 Å². The van der Waals surface area contributed by atoms with Crippen LogP contribution in [0.5, 0.6) is 0 Å². The summed E-state index contributed by atoms with van der Waals surface area (Å²) in [5.74, 6) is 3.03. The van der Waals surface area contributed by atoms with Gasteiger partial charge in [-0.05, 0) is 139 Å². The van der Waals surface area contributed by atoms with E-state index in [1.54, 1.807) is 0 Å². The molecule has 0 aromatic heterocycles.